The monoisotopic (exact) mass is 387 g/mol. The number of amides is 1. The molecule has 2 aromatic rings. The third-order valence-corrected chi connectivity index (χ3v) is 5.21. The normalized spacial score (nSPS) is 16.0. The summed E-state index contributed by atoms with van der Waals surface area (Å²) in [7, 11) is -3.37. The fourth-order valence-corrected chi connectivity index (χ4v) is 3.84. The first kappa shape index (κ1) is 19.4. The molecule has 7 heteroatoms. The molecule has 2 N–H and O–H groups in total. The minimum absolute atomic E-state index is 0.135. The number of likely N-dealkylation sites (tertiary alicyclic amines) is 1. The van der Waals surface area contributed by atoms with Gasteiger partial charge in [0, 0.05) is 36.9 Å². The first-order valence-corrected chi connectivity index (χ1v) is 10.9. The van der Waals surface area contributed by atoms with Crippen molar-refractivity contribution in [2.24, 2.45) is 0 Å². The molecule has 1 amide bonds. The number of hydrogen-bond donors (Lipinski definition) is 2. The van der Waals surface area contributed by atoms with E-state index in [1.165, 1.54) is 5.56 Å². The van der Waals surface area contributed by atoms with Gasteiger partial charge in [-0.05, 0) is 36.6 Å². The number of anilines is 1. The van der Waals surface area contributed by atoms with E-state index in [9.17, 15) is 13.2 Å². The summed E-state index contributed by atoms with van der Waals surface area (Å²) >= 11 is 0. The van der Waals surface area contributed by atoms with Gasteiger partial charge in [0.2, 0.25) is 10.0 Å². The molecule has 144 valence electrons. The van der Waals surface area contributed by atoms with Crippen LogP contribution in [0.1, 0.15) is 28.8 Å². The van der Waals surface area contributed by atoms with E-state index in [0.29, 0.717) is 11.3 Å². The molecule has 0 atom stereocenters. The zero-order chi connectivity index (χ0) is 19.3. The van der Waals surface area contributed by atoms with Gasteiger partial charge in [0.25, 0.3) is 5.91 Å². The van der Waals surface area contributed by atoms with Crippen LogP contribution in [-0.4, -0.2) is 44.6 Å². The highest BCUT2D eigenvalue weighted by Crippen LogP contribution is 2.16. The maximum Gasteiger partial charge on any atom is 0.251 e. The van der Waals surface area contributed by atoms with Gasteiger partial charge >= 0.3 is 0 Å². The highest BCUT2D eigenvalue weighted by Gasteiger charge is 2.21. The Hall–Kier alpha value is -2.38. The molecule has 1 saturated heterocycles. The van der Waals surface area contributed by atoms with Crippen LogP contribution >= 0.6 is 0 Å². The van der Waals surface area contributed by atoms with Crippen LogP contribution < -0.4 is 10.0 Å². The van der Waals surface area contributed by atoms with Gasteiger partial charge in [-0.25, -0.2) is 8.42 Å². The lowest BCUT2D eigenvalue weighted by Gasteiger charge is -2.32. The van der Waals surface area contributed by atoms with E-state index in [1.807, 2.05) is 6.07 Å². The Bertz CT molecular complexity index is 876. The van der Waals surface area contributed by atoms with E-state index in [1.54, 1.807) is 24.3 Å². The largest absolute Gasteiger partial charge is 0.349 e. The highest BCUT2D eigenvalue weighted by atomic mass is 32.2. The highest BCUT2D eigenvalue weighted by molar-refractivity contribution is 7.92. The zero-order valence-electron chi connectivity index (χ0n) is 15.4. The molecule has 1 fully saturated rings. The van der Waals surface area contributed by atoms with Gasteiger partial charge in [0.15, 0.2) is 0 Å². The van der Waals surface area contributed by atoms with Crippen molar-refractivity contribution in [3.63, 3.8) is 0 Å². The summed E-state index contributed by atoms with van der Waals surface area (Å²) in [6, 6.07) is 17.1. The molecule has 0 aromatic heterocycles. The second-order valence-corrected chi connectivity index (χ2v) is 8.71. The number of hydrogen-bond acceptors (Lipinski definition) is 4. The Kier molecular flexibility index (Phi) is 6.13. The van der Waals surface area contributed by atoms with Crippen molar-refractivity contribution in [2.75, 3.05) is 24.1 Å². The van der Waals surface area contributed by atoms with Crippen LogP contribution in [0.25, 0.3) is 0 Å². The molecule has 27 heavy (non-hydrogen) atoms. The van der Waals surface area contributed by atoms with E-state index < -0.39 is 10.0 Å². The number of carbonyl (C=O) groups excluding carboxylic acids is 1. The lowest BCUT2D eigenvalue weighted by molar-refractivity contribution is 0.0909. The second kappa shape index (κ2) is 8.54. The van der Waals surface area contributed by atoms with Crippen LogP contribution in [0, 0.1) is 0 Å². The van der Waals surface area contributed by atoms with Crippen molar-refractivity contribution in [3.8, 4) is 0 Å². The Morgan fingerprint density at radius 3 is 2.44 bits per heavy atom. The van der Waals surface area contributed by atoms with Crippen molar-refractivity contribution < 1.29 is 13.2 Å². The SMILES string of the molecule is CS(=O)(=O)Nc1cccc(C(=O)NC2CCN(Cc3ccccc3)CC2)c1. The van der Waals surface area contributed by atoms with Crippen molar-refractivity contribution in [1.82, 2.24) is 10.2 Å². The van der Waals surface area contributed by atoms with E-state index in [2.05, 4.69) is 39.2 Å². The van der Waals surface area contributed by atoms with Crippen molar-refractivity contribution in [2.45, 2.75) is 25.4 Å². The molecule has 0 aliphatic carbocycles. The van der Waals surface area contributed by atoms with Gasteiger partial charge in [-0.1, -0.05) is 36.4 Å². The van der Waals surface area contributed by atoms with Crippen LogP contribution in [-0.2, 0) is 16.6 Å². The molecule has 1 aliphatic rings. The van der Waals surface area contributed by atoms with Crippen LogP contribution in [0.15, 0.2) is 54.6 Å². The quantitative estimate of drug-likeness (QED) is 0.798. The van der Waals surface area contributed by atoms with Crippen LogP contribution in [0.3, 0.4) is 0 Å². The molecule has 0 unspecified atom stereocenters. The smallest absolute Gasteiger partial charge is 0.251 e. The molecule has 1 aliphatic heterocycles. The molecule has 0 spiro atoms. The Morgan fingerprint density at radius 1 is 1.07 bits per heavy atom. The minimum Gasteiger partial charge on any atom is -0.349 e. The van der Waals surface area contributed by atoms with Crippen LogP contribution in [0.2, 0.25) is 0 Å². The number of carbonyl (C=O) groups is 1. The molecule has 0 saturated carbocycles. The Morgan fingerprint density at radius 2 is 1.78 bits per heavy atom. The molecule has 0 bridgehead atoms. The van der Waals surface area contributed by atoms with Crippen LogP contribution in [0.4, 0.5) is 5.69 Å². The van der Waals surface area contributed by atoms with Gasteiger partial charge in [-0.2, -0.15) is 0 Å². The Labute approximate surface area is 160 Å². The van der Waals surface area contributed by atoms with E-state index in [4.69, 9.17) is 0 Å². The summed E-state index contributed by atoms with van der Waals surface area (Å²) in [6.45, 7) is 2.81. The standard InChI is InChI=1S/C20H25N3O3S/c1-27(25,26)22-19-9-5-8-17(14-19)20(24)21-18-10-12-23(13-11-18)15-16-6-3-2-4-7-16/h2-9,14,18,22H,10-13,15H2,1H3,(H,21,24). The lowest BCUT2D eigenvalue weighted by atomic mass is 10.0. The second-order valence-electron chi connectivity index (χ2n) is 6.96. The predicted octanol–water partition coefficient (Wildman–Crippen LogP) is 2.45. The topological polar surface area (TPSA) is 78.5 Å². The summed E-state index contributed by atoms with van der Waals surface area (Å²) in [5.41, 5.74) is 2.15. The fraction of sp³-hybridized carbons (Fsp3) is 0.350. The number of nitrogens with one attached hydrogen (secondary N) is 2. The van der Waals surface area contributed by atoms with Crippen molar-refractivity contribution in [3.05, 3.63) is 65.7 Å². The number of piperidine rings is 1. The summed E-state index contributed by atoms with van der Waals surface area (Å²) < 4.78 is 25.1. The molecular formula is C20H25N3O3S. The Balaban J connectivity index is 1.51. The third-order valence-electron chi connectivity index (χ3n) is 4.60. The van der Waals surface area contributed by atoms with Crippen LogP contribution in [0.5, 0.6) is 0 Å². The van der Waals surface area contributed by atoms with Gasteiger partial charge in [-0.3, -0.25) is 14.4 Å². The minimum atomic E-state index is -3.37. The number of sulfonamides is 1. The number of benzene rings is 2. The zero-order valence-corrected chi connectivity index (χ0v) is 16.2. The maximum atomic E-state index is 12.5. The molecule has 3 rings (SSSR count). The summed E-state index contributed by atoms with van der Waals surface area (Å²) in [4.78, 5) is 14.9. The average Bonchev–Trinajstić information content (AvgIpc) is 2.63. The van der Waals surface area contributed by atoms with Gasteiger partial charge in [0.05, 0.1) is 6.26 Å². The lowest BCUT2D eigenvalue weighted by Crippen LogP contribution is -2.44. The molecule has 0 radical (unpaired) electrons. The summed E-state index contributed by atoms with van der Waals surface area (Å²) in [6.07, 6.45) is 2.89. The predicted molar refractivity (Wildman–Crippen MR) is 107 cm³/mol. The van der Waals surface area contributed by atoms with Gasteiger partial charge in [0.1, 0.15) is 0 Å². The maximum absolute atomic E-state index is 12.5. The molecular weight excluding hydrogens is 362 g/mol. The van der Waals surface area contributed by atoms with E-state index in [-0.39, 0.29) is 11.9 Å². The third kappa shape index (κ3) is 6.08. The average molecular weight is 388 g/mol. The van der Waals surface area contributed by atoms with Crippen molar-refractivity contribution >= 4 is 21.6 Å². The van der Waals surface area contributed by atoms with E-state index in [0.717, 1.165) is 38.7 Å². The van der Waals surface area contributed by atoms with Gasteiger partial charge < -0.3 is 5.32 Å². The molecule has 2 aromatic carbocycles. The number of rotatable bonds is 6. The first-order valence-electron chi connectivity index (χ1n) is 9.04. The molecule has 6 nitrogen and oxygen atoms in total. The number of nitrogens with zero attached hydrogens (tertiary/aromatic N) is 1. The van der Waals surface area contributed by atoms with E-state index >= 15 is 0 Å². The summed E-state index contributed by atoms with van der Waals surface area (Å²) in [5, 5.41) is 3.07. The first-order chi connectivity index (χ1) is 12.9. The van der Waals surface area contributed by atoms with Gasteiger partial charge in [-0.15, -0.1) is 0 Å². The fourth-order valence-electron chi connectivity index (χ4n) is 3.28. The van der Waals surface area contributed by atoms with Crippen molar-refractivity contribution in [1.29, 1.82) is 0 Å². The summed E-state index contributed by atoms with van der Waals surface area (Å²) in [5.74, 6) is -0.173. The molecule has 1 heterocycles.